The summed E-state index contributed by atoms with van der Waals surface area (Å²) in [5.74, 6) is 0.553. The van der Waals surface area contributed by atoms with Gasteiger partial charge >= 0.3 is 0 Å². The van der Waals surface area contributed by atoms with Crippen LogP contribution in [0.25, 0.3) is 0 Å². The average molecular weight is 258 g/mol. The standard InChI is InChI=1S/C13H26N2OS/c1-6-16-8-12(9(2)3)15-13-14-10(4)7-11(5)17-13/h9-12H,6-8H2,1-5H3,(H,14,15). The summed E-state index contributed by atoms with van der Waals surface area (Å²) in [6.07, 6.45) is 1.17. The van der Waals surface area contributed by atoms with E-state index in [1.54, 1.807) is 0 Å². The molecule has 0 bridgehead atoms. The Balaban J connectivity index is 2.53. The van der Waals surface area contributed by atoms with E-state index >= 15 is 0 Å². The molecule has 1 aliphatic heterocycles. The first-order valence-electron chi connectivity index (χ1n) is 6.61. The highest BCUT2D eigenvalue weighted by molar-refractivity contribution is 8.14. The molecule has 3 nitrogen and oxygen atoms in total. The lowest BCUT2D eigenvalue weighted by molar-refractivity contribution is 0.115. The number of hydrogen-bond acceptors (Lipinski definition) is 4. The van der Waals surface area contributed by atoms with Crippen LogP contribution in [-0.2, 0) is 4.74 Å². The fourth-order valence-corrected chi connectivity index (χ4v) is 3.09. The molecule has 3 atom stereocenters. The molecule has 17 heavy (non-hydrogen) atoms. The second-order valence-electron chi connectivity index (χ2n) is 5.10. The van der Waals surface area contributed by atoms with Gasteiger partial charge in [-0.25, -0.2) is 0 Å². The van der Waals surface area contributed by atoms with Crippen molar-refractivity contribution in [3.63, 3.8) is 0 Å². The number of rotatable bonds is 5. The summed E-state index contributed by atoms with van der Waals surface area (Å²) < 4.78 is 5.53. The van der Waals surface area contributed by atoms with Crippen LogP contribution in [0.15, 0.2) is 4.99 Å². The number of ether oxygens (including phenoxy) is 1. The molecule has 1 N–H and O–H groups in total. The molecule has 0 radical (unpaired) electrons. The van der Waals surface area contributed by atoms with Crippen molar-refractivity contribution in [2.75, 3.05) is 13.2 Å². The lowest BCUT2D eigenvalue weighted by Crippen LogP contribution is -2.42. The van der Waals surface area contributed by atoms with Crippen LogP contribution >= 0.6 is 11.8 Å². The SMILES string of the molecule is CCOCC(NC1=NC(C)CC(C)S1)C(C)C. The highest BCUT2D eigenvalue weighted by atomic mass is 32.2. The number of nitrogens with one attached hydrogen (secondary N) is 1. The van der Waals surface area contributed by atoms with Crippen LogP contribution in [-0.4, -0.2) is 35.7 Å². The van der Waals surface area contributed by atoms with E-state index in [0.29, 0.717) is 23.3 Å². The number of nitrogens with zero attached hydrogens (tertiary/aromatic N) is 1. The third-order valence-electron chi connectivity index (χ3n) is 2.94. The largest absolute Gasteiger partial charge is 0.380 e. The summed E-state index contributed by atoms with van der Waals surface area (Å²) in [7, 11) is 0. The van der Waals surface area contributed by atoms with Crippen LogP contribution in [0.4, 0.5) is 0 Å². The van der Waals surface area contributed by atoms with E-state index in [1.165, 1.54) is 6.42 Å². The van der Waals surface area contributed by atoms with Crippen molar-refractivity contribution < 1.29 is 4.74 Å². The van der Waals surface area contributed by atoms with Crippen LogP contribution in [0.5, 0.6) is 0 Å². The summed E-state index contributed by atoms with van der Waals surface area (Å²) in [5, 5.41) is 5.29. The summed E-state index contributed by atoms with van der Waals surface area (Å²) >= 11 is 1.85. The van der Waals surface area contributed by atoms with Gasteiger partial charge in [0.2, 0.25) is 0 Å². The van der Waals surface area contributed by atoms with Crippen molar-refractivity contribution in [1.29, 1.82) is 0 Å². The van der Waals surface area contributed by atoms with Crippen LogP contribution < -0.4 is 5.32 Å². The minimum absolute atomic E-state index is 0.360. The van der Waals surface area contributed by atoms with Crippen LogP contribution in [0.2, 0.25) is 0 Å². The molecule has 0 amide bonds. The number of amidine groups is 1. The third kappa shape index (κ3) is 5.30. The van der Waals surface area contributed by atoms with Crippen LogP contribution in [0.1, 0.15) is 41.0 Å². The lowest BCUT2D eigenvalue weighted by Gasteiger charge is -2.28. The van der Waals surface area contributed by atoms with Gasteiger partial charge in [-0.1, -0.05) is 32.5 Å². The van der Waals surface area contributed by atoms with E-state index in [0.717, 1.165) is 18.4 Å². The topological polar surface area (TPSA) is 33.6 Å². The molecular weight excluding hydrogens is 232 g/mol. The van der Waals surface area contributed by atoms with Crippen LogP contribution in [0.3, 0.4) is 0 Å². The van der Waals surface area contributed by atoms with E-state index < -0.39 is 0 Å². The molecule has 0 aromatic rings. The van der Waals surface area contributed by atoms with Gasteiger partial charge in [-0.2, -0.15) is 0 Å². The van der Waals surface area contributed by atoms with Gasteiger partial charge in [-0.05, 0) is 26.2 Å². The predicted octanol–water partition coefficient (Wildman–Crippen LogP) is 2.91. The average Bonchev–Trinajstić information content (AvgIpc) is 2.22. The van der Waals surface area contributed by atoms with Gasteiger partial charge in [-0.15, -0.1) is 0 Å². The Morgan fingerprint density at radius 3 is 2.71 bits per heavy atom. The summed E-state index contributed by atoms with van der Waals surface area (Å²) in [4.78, 5) is 4.68. The molecule has 0 aromatic heterocycles. The summed E-state index contributed by atoms with van der Waals surface area (Å²) in [6.45, 7) is 12.5. The fourth-order valence-electron chi connectivity index (χ4n) is 1.88. The molecule has 0 fully saturated rings. The Hall–Kier alpha value is -0.220. The molecule has 1 aliphatic rings. The predicted molar refractivity (Wildman–Crippen MR) is 76.8 cm³/mol. The molecule has 1 heterocycles. The quantitative estimate of drug-likeness (QED) is 0.823. The molecular formula is C13H26N2OS. The first-order chi connectivity index (χ1) is 8.02. The molecule has 4 heteroatoms. The monoisotopic (exact) mass is 258 g/mol. The van der Waals surface area contributed by atoms with E-state index in [2.05, 4.69) is 38.0 Å². The van der Waals surface area contributed by atoms with Gasteiger partial charge in [0.1, 0.15) is 0 Å². The third-order valence-corrected chi connectivity index (χ3v) is 3.98. The maximum absolute atomic E-state index is 5.53. The van der Waals surface area contributed by atoms with Crippen molar-refractivity contribution in [3.05, 3.63) is 0 Å². The maximum Gasteiger partial charge on any atom is 0.157 e. The van der Waals surface area contributed by atoms with E-state index in [4.69, 9.17) is 4.74 Å². The van der Waals surface area contributed by atoms with Gasteiger partial charge in [0.15, 0.2) is 5.17 Å². The van der Waals surface area contributed by atoms with E-state index in [9.17, 15) is 0 Å². The van der Waals surface area contributed by atoms with Crippen molar-refractivity contribution >= 4 is 16.9 Å². The Kier molecular flexibility index (Phi) is 6.34. The summed E-state index contributed by atoms with van der Waals surface area (Å²) in [6, 6.07) is 0.798. The molecule has 0 spiro atoms. The molecule has 1 rings (SSSR count). The molecule has 100 valence electrons. The molecule has 0 saturated heterocycles. The fraction of sp³-hybridized carbons (Fsp3) is 0.923. The normalized spacial score (nSPS) is 26.8. The summed E-state index contributed by atoms with van der Waals surface area (Å²) in [5.41, 5.74) is 0. The minimum atomic E-state index is 0.360. The van der Waals surface area contributed by atoms with Crippen molar-refractivity contribution in [3.8, 4) is 0 Å². The zero-order valence-electron chi connectivity index (χ0n) is 11.7. The molecule has 0 aliphatic carbocycles. The second kappa shape index (κ2) is 7.27. The Morgan fingerprint density at radius 2 is 2.18 bits per heavy atom. The smallest absolute Gasteiger partial charge is 0.157 e. The van der Waals surface area contributed by atoms with E-state index in [1.807, 2.05) is 18.7 Å². The zero-order valence-corrected chi connectivity index (χ0v) is 12.5. The van der Waals surface area contributed by atoms with Crippen LogP contribution in [0, 0.1) is 5.92 Å². The van der Waals surface area contributed by atoms with Gasteiger partial charge in [0.25, 0.3) is 0 Å². The van der Waals surface area contributed by atoms with Crippen molar-refractivity contribution in [2.24, 2.45) is 10.9 Å². The number of hydrogen-bond donors (Lipinski definition) is 1. The van der Waals surface area contributed by atoms with Gasteiger partial charge in [-0.3, -0.25) is 4.99 Å². The first-order valence-corrected chi connectivity index (χ1v) is 7.49. The zero-order chi connectivity index (χ0) is 12.8. The Morgan fingerprint density at radius 1 is 1.47 bits per heavy atom. The maximum atomic E-state index is 5.53. The Labute approximate surface area is 110 Å². The highest BCUT2D eigenvalue weighted by Crippen LogP contribution is 2.24. The molecule has 0 aromatic carbocycles. The lowest BCUT2D eigenvalue weighted by atomic mass is 10.1. The van der Waals surface area contributed by atoms with Gasteiger partial charge < -0.3 is 10.1 Å². The number of aliphatic imine (C=N–C) groups is 1. The van der Waals surface area contributed by atoms with Gasteiger partial charge in [0, 0.05) is 11.9 Å². The van der Waals surface area contributed by atoms with Gasteiger partial charge in [0.05, 0.1) is 18.7 Å². The molecule has 0 saturated carbocycles. The molecule has 3 unspecified atom stereocenters. The highest BCUT2D eigenvalue weighted by Gasteiger charge is 2.22. The Bertz CT molecular complexity index is 256. The minimum Gasteiger partial charge on any atom is -0.380 e. The second-order valence-corrected chi connectivity index (χ2v) is 6.53. The van der Waals surface area contributed by atoms with Crippen molar-refractivity contribution in [2.45, 2.75) is 58.4 Å². The van der Waals surface area contributed by atoms with Crippen molar-refractivity contribution in [1.82, 2.24) is 5.32 Å². The van der Waals surface area contributed by atoms with E-state index in [-0.39, 0.29) is 0 Å². The first kappa shape index (κ1) is 14.8. The number of thioether (sulfide) groups is 1.